The molecule has 0 saturated carbocycles. The molecular formula is C25H29Cl2F2N5O2. The van der Waals surface area contributed by atoms with Crippen molar-refractivity contribution in [3.8, 4) is 0 Å². The highest BCUT2D eigenvalue weighted by atomic mass is 35.5. The van der Waals surface area contributed by atoms with Crippen molar-refractivity contribution < 1.29 is 13.6 Å². The maximum Gasteiger partial charge on any atom is 0.347 e. The van der Waals surface area contributed by atoms with Crippen LogP contribution in [0.25, 0.3) is 0 Å². The number of halogens is 4. The van der Waals surface area contributed by atoms with Gasteiger partial charge in [-0.05, 0) is 74.2 Å². The lowest BCUT2D eigenvalue weighted by Gasteiger charge is -2.32. The number of aromatic nitrogens is 3. The van der Waals surface area contributed by atoms with Gasteiger partial charge in [0, 0.05) is 37.7 Å². The standard InChI is InChI=1S/C25H27F2N5O2.2ClH/c1-3-34-30-24(19-5-6-21(26)22(27)12-19)23-7-4-17(13-28-23)15-32-10-8-18(9-11-32)20-14-29-25(33)31(2)16-20;;/h4-7,12-14,16,18H,3,8-11,15H2,1-2H3;2*1H. The Morgan fingerprint density at radius 2 is 1.83 bits per heavy atom. The van der Waals surface area contributed by atoms with Crippen LogP contribution < -0.4 is 5.69 Å². The monoisotopic (exact) mass is 539 g/mol. The van der Waals surface area contributed by atoms with E-state index in [4.69, 9.17) is 4.84 Å². The van der Waals surface area contributed by atoms with Crippen LogP contribution in [0.3, 0.4) is 0 Å². The molecule has 2 aromatic heterocycles. The second-order valence-corrected chi connectivity index (χ2v) is 8.37. The normalized spacial score (nSPS) is 14.6. The number of piperidine rings is 1. The molecule has 0 amide bonds. The minimum atomic E-state index is -0.949. The minimum absolute atomic E-state index is 0. The van der Waals surface area contributed by atoms with Crippen molar-refractivity contribution in [1.82, 2.24) is 19.4 Å². The Bertz CT molecular complexity index is 1230. The molecule has 194 valence electrons. The highest BCUT2D eigenvalue weighted by Crippen LogP contribution is 2.27. The summed E-state index contributed by atoms with van der Waals surface area (Å²) in [4.78, 5) is 27.5. The summed E-state index contributed by atoms with van der Waals surface area (Å²) < 4.78 is 28.6. The van der Waals surface area contributed by atoms with Gasteiger partial charge < -0.3 is 9.40 Å². The van der Waals surface area contributed by atoms with E-state index in [0.29, 0.717) is 29.5 Å². The van der Waals surface area contributed by atoms with Gasteiger partial charge in [0.1, 0.15) is 12.3 Å². The Balaban J connectivity index is 0.00000228. The van der Waals surface area contributed by atoms with Crippen molar-refractivity contribution in [2.75, 3.05) is 19.7 Å². The first-order valence-electron chi connectivity index (χ1n) is 11.3. The van der Waals surface area contributed by atoms with Gasteiger partial charge in [0.2, 0.25) is 0 Å². The fourth-order valence-electron chi connectivity index (χ4n) is 4.10. The number of rotatable bonds is 7. The molecule has 4 rings (SSSR count). The van der Waals surface area contributed by atoms with E-state index in [0.717, 1.165) is 55.7 Å². The Morgan fingerprint density at radius 3 is 2.44 bits per heavy atom. The molecule has 1 aromatic carbocycles. The topological polar surface area (TPSA) is 72.6 Å². The van der Waals surface area contributed by atoms with Crippen LogP contribution in [0.15, 0.2) is 58.9 Å². The van der Waals surface area contributed by atoms with Gasteiger partial charge in [0.15, 0.2) is 11.6 Å². The number of aryl methyl sites for hydroxylation is 1. The molecule has 1 fully saturated rings. The van der Waals surface area contributed by atoms with Crippen LogP contribution in [-0.2, 0) is 18.4 Å². The number of hydrogen-bond donors (Lipinski definition) is 0. The third-order valence-electron chi connectivity index (χ3n) is 5.98. The van der Waals surface area contributed by atoms with Gasteiger partial charge in [-0.15, -0.1) is 24.8 Å². The molecule has 1 aliphatic heterocycles. The lowest BCUT2D eigenvalue weighted by molar-refractivity contribution is 0.159. The van der Waals surface area contributed by atoms with Crippen molar-refractivity contribution in [3.63, 3.8) is 0 Å². The summed E-state index contributed by atoms with van der Waals surface area (Å²) >= 11 is 0. The SMILES string of the molecule is CCON=C(c1ccc(F)c(F)c1)c1ccc(CN2CCC(c3cnc(=O)n(C)c3)CC2)cn1.Cl.Cl. The molecule has 3 aromatic rings. The summed E-state index contributed by atoms with van der Waals surface area (Å²) in [5.74, 6) is -1.47. The summed E-state index contributed by atoms with van der Waals surface area (Å²) in [5.41, 5.74) is 3.17. The first-order valence-corrected chi connectivity index (χ1v) is 11.3. The van der Waals surface area contributed by atoms with Gasteiger partial charge in [-0.2, -0.15) is 0 Å². The second-order valence-electron chi connectivity index (χ2n) is 8.37. The van der Waals surface area contributed by atoms with Gasteiger partial charge in [0.05, 0.1) is 5.69 Å². The Hall–Kier alpha value is -2.88. The van der Waals surface area contributed by atoms with E-state index in [-0.39, 0.29) is 30.5 Å². The summed E-state index contributed by atoms with van der Waals surface area (Å²) in [6.45, 7) is 4.76. The smallest absolute Gasteiger partial charge is 0.347 e. The molecule has 1 saturated heterocycles. The van der Waals surface area contributed by atoms with Crippen LogP contribution in [-0.4, -0.2) is 44.8 Å². The highest BCUT2D eigenvalue weighted by Gasteiger charge is 2.22. The summed E-state index contributed by atoms with van der Waals surface area (Å²) in [6, 6.07) is 7.39. The predicted octanol–water partition coefficient (Wildman–Crippen LogP) is 4.47. The van der Waals surface area contributed by atoms with Gasteiger partial charge >= 0.3 is 5.69 Å². The van der Waals surface area contributed by atoms with Crippen LogP contribution >= 0.6 is 24.8 Å². The number of oxime groups is 1. The maximum atomic E-state index is 13.8. The van der Waals surface area contributed by atoms with Crippen molar-refractivity contribution in [3.05, 3.63) is 93.4 Å². The van der Waals surface area contributed by atoms with Crippen LogP contribution in [0.4, 0.5) is 8.78 Å². The van der Waals surface area contributed by atoms with Crippen LogP contribution in [0.2, 0.25) is 0 Å². The Morgan fingerprint density at radius 1 is 1.08 bits per heavy atom. The zero-order valence-electron chi connectivity index (χ0n) is 20.1. The molecule has 0 radical (unpaired) electrons. The zero-order valence-corrected chi connectivity index (χ0v) is 21.7. The number of pyridine rings is 1. The average molecular weight is 540 g/mol. The second kappa shape index (κ2) is 13.4. The number of nitrogens with zero attached hydrogens (tertiary/aromatic N) is 5. The van der Waals surface area contributed by atoms with Crippen molar-refractivity contribution >= 4 is 30.5 Å². The predicted molar refractivity (Wildman–Crippen MR) is 139 cm³/mol. The van der Waals surface area contributed by atoms with E-state index < -0.39 is 11.6 Å². The lowest BCUT2D eigenvalue weighted by atomic mass is 9.91. The highest BCUT2D eigenvalue weighted by molar-refractivity contribution is 6.11. The number of hydrogen-bond acceptors (Lipinski definition) is 6. The first-order chi connectivity index (χ1) is 16.4. The quantitative estimate of drug-likeness (QED) is 0.327. The Labute approximate surface area is 221 Å². The molecular weight excluding hydrogens is 511 g/mol. The molecule has 0 N–H and O–H groups in total. The van der Waals surface area contributed by atoms with Crippen molar-refractivity contribution in [2.24, 2.45) is 12.2 Å². The zero-order chi connectivity index (χ0) is 24.1. The largest absolute Gasteiger partial charge is 0.396 e. The van der Waals surface area contributed by atoms with Gasteiger partial charge in [-0.3, -0.25) is 9.88 Å². The van der Waals surface area contributed by atoms with Crippen LogP contribution in [0, 0.1) is 11.6 Å². The maximum absolute atomic E-state index is 13.8. The molecule has 0 spiro atoms. The van der Waals surface area contributed by atoms with Gasteiger partial charge in [-0.1, -0.05) is 11.2 Å². The molecule has 7 nitrogen and oxygen atoms in total. The molecule has 36 heavy (non-hydrogen) atoms. The lowest BCUT2D eigenvalue weighted by Crippen LogP contribution is -2.33. The first kappa shape index (κ1) is 29.4. The minimum Gasteiger partial charge on any atom is -0.396 e. The molecule has 0 unspecified atom stereocenters. The number of likely N-dealkylation sites (tertiary alicyclic amines) is 1. The van der Waals surface area contributed by atoms with E-state index in [1.165, 1.54) is 10.6 Å². The summed E-state index contributed by atoms with van der Waals surface area (Å²) in [6.07, 6.45) is 7.34. The van der Waals surface area contributed by atoms with E-state index >= 15 is 0 Å². The van der Waals surface area contributed by atoms with Crippen LogP contribution in [0.1, 0.15) is 48.1 Å². The van der Waals surface area contributed by atoms with E-state index in [2.05, 4.69) is 20.0 Å². The molecule has 11 heteroatoms. The molecule has 1 aliphatic rings. The van der Waals surface area contributed by atoms with Crippen molar-refractivity contribution in [2.45, 2.75) is 32.2 Å². The van der Waals surface area contributed by atoms with Gasteiger partial charge in [-0.25, -0.2) is 18.6 Å². The van der Waals surface area contributed by atoms with Crippen molar-refractivity contribution in [1.29, 1.82) is 0 Å². The Kier molecular flexibility index (Phi) is 11.0. The third-order valence-corrected chi connectivity index (χ3v) is 5.98. The average Bonchev–Trinajstić information content (AvgIpc) is 2.85. The third kappa shape index (κ3) is 7.09. The summed E-state index contributed by atoms with van der Waals surface area (Å²) in [7, 11) is 1.72. The molecule has 0 atom stereocenters. The fraction of sp³-hybridized carbons (Fsp3) is 0.360. The summed E-state index contributed by atoms with van der Waals surface area (Å²) in [5, 5.41) is 4.08. The van der Waals surface area contributed by atoms with Crippen LogP contribution in [0.5, 0.6) is 0 Å². The van der Waals surface area contributed by atoms with E-state index in [9.17, 15) is 13.6 Å². The van der Waals surface area contributed by atoms with Gasteiger partial charge in [0.25, 0.3) is 0 Å². The fourth-order valence-corrected chi connectivity index (χ4v) is 4.10. The molecule has 0 bridgehead atoms. The van der Waals surface area contributed by atoms with E-state index in [1.807, 2.05) is 18.3 Å². The molecule has 3 heterocycles. The van der Waals surface area contributed by atoms with E-state index in [1.54, 1.807) is 26.4 Å². The molecule has 0 aliphatic carbocycles. The number of benzene rings is 1.